The molecule has 6 heteroatoms. The summed E-state index contributed by atoms with van der Waals surface area (Å²) < 4.78 is 6.11. The molecule has 0 unspecified atom stereocenters. The van der Waals surface area contributed by atoms with Crippen LogP contribution < -0.4 is 20.7 Å². The lowest BCUT2D eigenvalue weighted by Crippen LogP contribution is -2.38. The Morgan fingerprint density at radius 3 is 2.61 bits per heavy atom. The fourth-order valence-corrected chi connectivity index (χ4v) is 3.87. The van der Waals surface area contributed by atoms with Crippen molar-refractivity contribution >= 4 is 11.8 Å². The van der Waals surface area contributed by atoms with Gasteiger partial charge in [-0.3, -0.25) is 9.59 Å². The van der Waals surface area contributed by atoms with Gasteiger partial charge in [0.25, 0.3) is 5.91 Å². The lowest BCUT2D eigenvalue weighted by molar-refractivity contribution is -0.125. The van der Waals surface area contributed by atoms with E-state index >= 15 is 0 Å². The van der Waals surface area contributed by atoms with Crippen LogP contribution in [0.3, 0.4) is 0 Å². The predicted molar refractivity (Wildman–Crippen MR) is 123 cm³/mol. The molecule has 31 heavy (non-hydrogen) atoms. The second-order valence-electron chi connectivity index (χ2n) is 8.00. The second kappa shape index (κ2) is 11.5. The van der Waals surface area contributed by atoms with Crippen LogP contribution in [0, 0.1) is 12.8 Å². The van der Waals surface area contributed by atoms with E-state index in [1.54, 1.807) is 7.05 Å². The molecular weight excluding hydrogens is 390 g/mol. The number of carbonyl (C=O) groups excluding carboxylic acids is 2. The van der Waals surface area contributed by atoms with Crippen molar-refractivity contribution in [1.82, 2.24) is 16.0 Å². The van der Waals surface area contributed by atoms with Crippen LogP contribution in [0.5, 0.6) is 5.75 Å². The van der Waals surface area contributed by atoms with Crippen LogP contribution in [0.15, 0.2) is 42.5 Å². The zero-order chi connectivity index (χ0) is 22.1. The molecule has 1 saturated heterocycles. The Bertz CT molecular complexity index is 891. The number of rotatable bonds is 9. The highest BCUT2D eigenvalue weighted by Crippen LogP contribution is 2.33. The average Bonchev–Trinajstić information content (AvgIpc) is 2.81. The van der Waals surface area contributed by atoms with Gasteiger partial charge in [-0.15, -0.1) is 0 Å². The Balaban J connectivity index is 1.55. The minimum absolute atomic E-state index is 0.119. The highest BCUT2D eigenvalue weighted by Gasteiger charge is 2.20. The van der Waals surface area contributed by atoms with Crippen LogP contribution in [0.2, 0.25) is 0 Å². The molecule has 1 heterocycles. The number of hydrogen-bond donors (Lipinski definition) is 3. The molecule has 0 radical (unpaired) electrons. The van der Waals surface area contributed by atoms with Gasteiger partial charge in [0.1, 0.15) is 5.75 Å². The van der Waals surface area contributed by atoms with Gasteiger partial charge < -0.3 is 20.7 Å². The third-order valence-corrected chi connectivity index (χ3v) is 5.66. The molecule has 0 aliphatic carbocycles. The number of benzene rings is 2. The number of unbranched alkanes of at least 4 members (excludes halogenated alkanes) is 1. The standard InChI is InChI=1S/C25H33N3O3/c1-18-9-10-21(20-7-3-4-8-22(20)25(30)26-2)23(17-18)31-16-6-5-13-28-24(29)19-11-14-27-15-12-19/h3-4,7-10,17,19,27H,5-6,11-16H2,1-2H3,(H,26,30)(H,28,29). The maximum atomic E-state index is 12.3. The van der Waals surface area contributed by atoms with Gasteiger partial charge in [0.15, 0.2) is 0 Å². The van der Waals surface area contributed by atoms with Gasteiger partial charge in [-0.2, -0.15) is 0 Å². The third-order valence-electron chi connectivity index (χ3n) is 5.66. The molecule has 1 aliphatic rings. The monoisotopic (exact) mass is 423 g/mol. The lowest BCUT2D eigenvalue weighted by Gasteiger charge is -2.21. The van der Waals surface area contributed by atoms with Crippen molar-refractivity contribution in [3.05, 3.63) is 53.6 Å². The van der Waals surface area contributed by atoms with E-state index in [4.69, 9.17) is 4.74 Å². The quantitative estimate of drug-likeness (QED) is 0.541. The Morgan fingerprint density at radius 1 is 1.06 bits per heavy atom. The largest absolute Gasteiger partial charge is 0.493 e. The molecule has 0 aromatic heterocycles. The van der Waals surface area contributed by atoms with Crippen molar-refractivity contribution in [2.45, 2.75) is 32.6 Å². The molecule has 0 saturated carbocycles. The number of amides is 2. The Morgan fingerprint density at radius 2 is 1.84 bits per heavy atom. The van der Waals surface area contributed by atoms with Crippen molar-refractivity contribution in [1.29, 1.82) is 0 Å². The topological polar surface area (TPSA) is 79.5 Å². The molecule has 2 amide bonds. The molecule has 3 N–H and O–H groups in total. The fourth-order valence-electron chi connectivity index (χ4n) is 3.87. The molecule has 0 bridgehead atoms. The second-order valence-corrected chi connectivity index (χ2v) is 8.00. The average molecular weight is 424 g/mol. The first-order valence-corrected chi connectivity index (χ1v) is 11.1. The summed E-state index contributed by atoms with van der Waals surface area (Å²) in [4.78, 5) is 24.5. The zero-order valence-corrected chi connectivity index (χ0v) is 18.5. The predicted octanol–water partition coefficient (Wildman–Crippen LogP) is 3.30. The number of piperidine rings is 1. The first kappa shape index (κ1) is 22.8. The van der Waals surface area contributed by atoms with Crippen molar-refractivity contribution < 1.29 is 14.3 Å². The number of nitrogens with one attached hydrogen (secondary N) is 3. The van der Waals surface area contributed by atoms with E-state index in [9.17, 15) is 9.59 Å². The first-order valence-electron chi connectivity index (χ1n) is 11.1. The summed E-state index contributed by atoms with van der Waals surface area (Å²) in [6, 6.07) is 13.6. The molecular formula is C25H33N3O3. The summed E-state index contributed by atoms with van der Waals surface area (Å²) in [5.41, 5.74) is 3.49. The summed E-state index contributed by atoms with van der Waals surface area (Å²) in [7, 11) is 1.63. The van der Waals surface area contributed by atoms with Crippen molar-refractivity contribution in [2.75, 3.05) is 33.3 Å². The van der Waals surface area contributed by atoms with E-state index in [-0.39, 0.29) is 17.7 Å². The number of hydrogen-bond acceptors (Lipinski definition) is 4. The van der Waals surface area contributed by atoms with E-state index in [1.807, 2.05) is 49.4 Å². The normalized spacial score (nSPS) is 14.1. The van der Waals surface area contributed by atoms with E-state index < -0.39 is 0 Å². The SMILES string of the molecule is CNC(=O)c1ccccc1-c1ccc(C)cc1OCCCCNC(=O)C1CCNCC1. The van der Waals surface area contributed by atoms with Crippen LogP contribution in [-0.4, -0.2) is 45.1 Å². The molecule has 1 aliphatic heterocycles. The fraction of sp³-hybridized carbons (Fsp3) is 0.440. The van der Waals surface area contributed by atoms with E-state index in [0.717, 1.165) is 61.2 Å². The third kappa shape index (κ3) is 6.31. The number of aryl methyl sites for hydroxylation is 1. The molecule has 3 rings (SSSR count). The molecule has 6 nitrogen and oxygen atoms in total. The van der Waals surface area contributed by atoms with Crippen molar-refractivity contribution in [3.8, 4) is 16.9 Å². The Labute approximate surface area is 184 Å². The number of carbonyl (C=O) groups is 2. The van der Waals surface area contributed by atoms with E-state index in [1.165, 1.54) is 0 Å². The van der Waals surface area contributed by atoms with E-state index in [2.05, 4.69) is 16.0 Å². The van der Waals surface area contributed by atoms with Gasteiger partial charge >= 0.3 is 0 Å². The van der Waals surface area contributed by atoms with Crippen LogP contribution in [0.1, 0.15) is 41.6 Å². The summed E-state index contributed by atoms with van der Waals surface area (Å²) in [5, 5.41) is 9.04. The van der Waals surface area contributed by atoms with Crippen LogP contribution in [0.4, 0.5) is 0 Å². The molecule has 2 aromatic carbocycles. The zero-order valence-electron chi connectivity index (χ0n) is 18.5. The highest BCUT2D eigenvalue weighted by molar-refractivity contribution is 6.01. The highest BCUT2D eigenvalue weighted by atomic mass is 16.5. The maximum Gasteiger partial charge on any atom is 0.251 e. The van der Waals surface area contributed by atoms with Crippen molar-refractivity contribution in [3.63, 3.8) is 0 Å². The van der Waals surface area contributed by atoms with Gasteiger partial charge in [-0.25, -0.2) is 0 Å². The molecule has 2 aromatic rings. The lowest BCUT2D eigenvalue weighted by atomic mass is 9.97. The molecule has 0 atom stereocenters. The number of ether oxygens (including phenoxy) is 1. The minimum Gasteiger partial charge on any atom is -0.493 e. The van der Waals surface area contributed by atoms with Crippen LogP contribution >= 0.6 is 0 Å². The van der Waals surface area contributed by atoms with Gasteiger partial charge in [0.05, 0.1) is 6.61 Å². The maximum absolute atomic E-state index is 12.3. The Kier molecular flexibility index (Phi) is 8.47. The molecule has 166 valence electrons. The van der Waals surface area contributed by atoms with Gasteiger partial charge in [-0.1, -0.05) is 30.3 Å². The smallest absolute Gasteiger partial charge is 0.251 e. The molecule has 0 spiro atoms. The van der Waals surface area contributed by atoms with Crippen molar-refractivity contribution in [2.24, 2.45) is 5.92 Å². The first-order chi connectivity index (χ1) is 15.1. The summed E-state index contributed by atoms with van der Waals surface area (Å²) in [6.07, 6.45) is 3.55. The van der Waals surface area contributed by atoms with Gasteiger partial charge in [0.2, 0.25) is 5.91 Å². The molecule has 1 fully saturated rings. The van der Waals surface area contributed by atoms with Gasteiger partial charge in [-0.05, 0) is 69.0 Å². The van der Waals surface area contributed by atoms with Crippen LogP contribution in [-0.2, 0) is 4.79 Å². The van der Waals surface area contributed by atoms with E-state index in [0.29, 0.717) is 18.7 Å². The Hall–Kier alpha value is -2.86. The van der Waals surface area contributed by atoms with Gasteiger partial charge in [0, 0.05) is 30.6 Å². The summed E-state index contributed by atoms with van der Waals surface area (Å²) >= 11 is 0. The summed E-state index contributed by atoms with van der Waals surface area (Å²) in [6.45, 7) is 5.10. The summed E-state index contributed by atoms with van der Waals surface area (Å²) in [5.74, 6) is 0.976. The van der Waals surface area contributed by atoms with Crippen LogP contribution in [0.25, 0.3) is 11.1 Å². The minimum atomic E-state index is -0.119.